The molecule has 1 aliphatic heterocycles. The van der Waals surface area contributed by atoms with Gasteiger partial charge in [-0.25, -0.2) is 4.98 Å². The maximum atomic E-state index is 12.2. The van der Waals surface area contributed by atoms with Gasteiger partial charge >= 0.3 is 0 Å². The average Bonchev–Trinajstić information content (AvgIpc) is 2.67. The SMILES string of the molecule is COc1cc(C(=O)N2CCCNCC2)ccn1. The first-order valence-corrected chi connectivity index (χ1v) is 5.81. The second-order valence-corrected chi connectivity index (χ2v) is 3.98. The summed E-state index contributed by atoms with van der Waals surface area (Å²) in [6, 6.07) is 3.41. The van der Waals surface area contributed by atoms with E-state index in [0.717, 1.165) is 32.6 Å². The van der Waals surface area contributed by atoms with Crippen LogP contribution in [0.15, 0.2) is 18.3 Å². The van der Waals surface area contributed by atoms with E-state index in [4.69, 9.17) is 4.74 Å². The Morgan fingerprint density at radius 3 is 3.18 bits per heavy atom. The van der Waals surface area contributed by atoms with Crippen molar-refractivity contribution in [1.82, 2.24) is 15.2 Å². The minimum absolute atomic E-state index is 0.0504. The first-order valence-electron chi connectivity index (χ1n) is 5.81. The predicted octanol–water partition coefficient (Wildman–Crippen LogP) is 0.526. The number of nitrogens with zero attached hydrogens (tertiary/aromatic N) is 2. The van der Waals surface area contributed by atoms with Crippen LogP contribution < -0.4 is 10.1 Å². The van der Waals surface area contributed by atoms with Crippen LogP contribution in [0.5, 0.6) is 5.88 Å². The third-order valence-corrected chi connectivity index (χ3v) is 2.82. The Morgan fingerprint density at radius 1 is 1.47 bits per heavy atom. The molecule has 2 rings (SSSR count). The molecule has 1 aromatic rings. The summed E-state index contributed by atoms with van der Waals surface area (Å²) >= 11 is 0. The molecule has 2 heterocycles. The highest BCUT2D eigenvalue weighted by atomic mass is 16.5. The van der Waals surface area contributed by atoms with E-state index in [1.54, 1.807) is 25.4 Å². The zero-order chi connectivity index (χ0) is 12.1. The molecule has 1 N–H and O–H groups in total. The molecule has 92 valence electrons. The second-order valence-electron chi connectivity index (χ2n) is 3.98. The quantitative estimate of drug-likeness (QED) is 0.812. The largest absolute Gasteiger partial charge is 0.481 e. The standard InChI is InChI=1S/C12H17N3O2/c1-17-11-9-10(3-5-14-11)12(16)15-7-2-4-13-6-8-15/h3,5,9,13H,2,4,6-8H2,1H3. The van der Waals surface area contributed by atoms with Crippen molar-refractivity contribution in [2.45, 2.75) is 6.42 Å². The summed E-state index contributed by atoms with van der Waals surface area (Å²) in [5.41, 5.74) is 0.638. The molecule has 0 radical (unpaired) electrons. The van der Waals surface area contributed by atoms with Crippen LogP contribution in [0.4, 0.5) is 0 Å². The molecule has 0 unspecified atom stereocenters. The number of pyridine rings is 1. The molecule has 17 heavy (non-hydrogen) atoms. The lowest BCUT2D eigenvalue weighted by molar-refractivity contribution is 0.0766. The lowest BCUT2D eigenvalue weighted by atomic mass is 10.2. The molecule has 1 fully saturated rings. The van der Waals surface area contributed by atoms with Crippen molar-refractivity contribution in [3.8, 4) is 5.88 Å². The van der Waals surface area contributed by atoms with Crippen LogP contribution in [0.25, 0.3) is 0 Å². The summed E-state index contributed by atoms with van der Waals surface area (Å²) < 4.78 is 5.02. The normalized spacial score (nSPS) is 16.4. The average molecular weight is 235 g/mol. The van der Waals surface area contributed by atoms with E-state index in [1.165, 1.54) is 0 Å². The molecule has 0 aromatic carbocycles. The molecular weight excluding hydrogens is 218 g/mol. The Hall–Kier alpha value is -1.62. The fraction of sp³-hybridized carbons (Fsp3) is 0.500. The zero-order valence-corrected chi connectivity index (χ0v) is 9.98. The molecule has 1 aliphatic rings. The van der Waals surface area contributed by atoms with Crippen molar-refractivity contribution < 1.29 is 9.53 Å². The van der Waals surface area contributed by atoms with Crippen LogP contribution in [-0.2, 0) is 0 Å². The summed E-state index contributed by atoms with van der Waals surface area (Å²) in [4.78, 5) is 18.1. The fourth-order valence-electron chi connectivity index (χ4n) is 1.89. The van der Waals surface area contributed by atoms with Gasteiger partial charge in [-0.15, -0.1) is 0 Å². The third-order valence-electron chi connectivity index (χ3n) is 2.82. The van der Waals surface area contributed by atoms with Crippen molar-refractivity contribution in [1.29, 1.82) is 0 Å². The molecule has 1 aromatic heterocycles. The van der Waals surface area contributed by atoms with Gasteiger partial charge in [0.1, 0.15) is 0 Å². The number of rotatable bonds is 2. The van der Waals surface area contributed by atoms with Crippen molar-refractivity contribution >= 4 is 5.91 Å². The Bertz CT molecular complexity index is 387. The third kappa shape index (κ3) is 2.94. The van der Waals surface area contributed by atoms with Crippen molar-refractivity contribution in [2.75, 3.05) is 33.3 Å². The first kappa shape index (κ1) is 11.9. The Morgan fingerprint density at radius 2 is 2.35 bits per heavy atom. The van der Waals surface area contributed by atoms with Crippen LogP contribution in [0.3, 0.4) is 0 Å². The molecule has 1 amide bonds. The maximum absolute atomic E-state index is 12.2. The van der Waals surface area contributed by atoms with Crippen LogP contribution >= 0.6 is 0 Å². The number of amides is 1. The number of hydrogen-bond donors (Lipinski definition) is 1. The van der Waals surface area contributed by atoms with E-state index < -0.39 is 0 Å². The van der Waals surface area contributed by atoms with E-state index in [2.05, 4.69) is 10.3 Å². The molecule has 0 aliphatic carbocycles. The van der Waals surface area contributed by atoms with Gasteiger partial charge in [-0.05, 0) is 19.0 Å². The Balaban J connectivity index is 2.11. The lowest BCUT2D eigenvalue weighted by Gasteiger charge is -2.19. The number of ether oxygens (including phenoxy) is 1. The number of carbonyl (C=O) groups excluding carboxylic acids is 1. The summed E-state index contributed by atoms with van der Waals surface area (Å²) in [7, 11) is 1.55. The fourth-order valence-corrected chi connectivity index (χ4v) is 1.89. The van der Waals surface area contributed by atoms with E-state index >= 15 is 0 Å². The minimum atomic E-state index is 0.0504. The Kier molecular flexibility index (Phi) is 3.93. The van der Waals surface area contributed by atoms with E-state index in [1.807, 2.05) is 4.90 Å². The number of methoxy groups -OCH3 is 1. The summed E-state index contributed by atoms with van der Waals surface area (Å²) in [6.07, 6.45) is 2.59. The van der Waals surface area contributed by atoms with Gasteiger partial charge in [-0.3, -0.25) is 4.79 Å². The predicted molar refractivity (Wildman–Crippen MR) is 64.2 cm³/mol. The highest BCUT2D eigenvalue weighted by Gasteiger charge is 2.17. The van der Waals surface area contributed by atoms with Crippen LogP contribution in [0.1, 0.15) is 16.8 Å². The lowest BCUT2D eigenvalue weighted by Crippen LogP contribution is -2.34. The summed E-state index contributed by atoms with van der Waals surface area (Å²) in [5.74, 6) is 0.526. The molecule has 0 saturated carbocycles. The van der Waals surface area contributed by atoms with E-state index in [-0.39, 0.29) is 5.91 Å². The van der Waals surface area contributed by atoms with Crippen LogP contribution in [0, 0.1) is 0 Å². The number of carbonyl (C=O) groups is 1. The van der Waals surface area contributed by atoms with Crippen LogP contribution in [0.2, 0.25) is 0 Å². The van der Waals surface area contributed by atoms with Crippen molar-refractivity contribution in [2.24, 2.45) is 0 Å². The second kappa shape index (κ2) is 5.63. The Labute approximate surface area is 101 Å². The van der Waals surface area contributed by atoms with Gasteiger partial charge in [0.15, 0.2) is 0 Å². The number of aromatic nitrogens is 1. The monoisotopic (exact) mass is 235 g/mol. The summed E-state index contributed by atoms with van der Waals surface area (Å²) in [5, 5.41) is 3.28. The van der Waals surface area contributed by atoms with Gasteiger partial charge in [0, 0.05) is 37.5 Å². The molecule has 5 heteroatoms. The van der Waals surface area contributed by atoms with Gasteiger partial charge < -0.3 is 15.0 Å². The van der Waals surface area contributed by atoms with Crippen molar-refractivity contribution in [3.63, 3.8) is 0 Å². The topological polar surface area (TPSA) is 54.5 Å². The van der Waals surface area contributed by atoms with Gasteiger partial charge in [0.2, 0.25) is 5.88 Å². The van der Waals surface area contributed by atoms with Gasteiger partial charge in [0.25, 0.3) is 5.91 Å². The molecule has 1 saturated heterocycles. The highest BCUT2D eigenvalue weighted by Crippen LogP contribution is 2.11. The van der Waals surface area contributed by atoms with Crippen LogP contribution in [-0.4, -0.2) is 49.1 Å². The minimum Gasteiger partial charge on any atom is -0.481 e. The van der Waals surface area contributed by atoms with Gasteiger partial charge in [-0.2, -0.15) is 0 Å². The molecule has 5 nitrogen and oxygen atoms in total. The maximum Gasteiger partial charge on any atom is 0.254 e. The number of nitrogens with one attached hydrogen (secondary N) is 1. The summed E-state index contributed by atoms with van der Waals surface area (Å²) in [6.45, 7) is 3.39. The molecule has 0 spiro atoms. The van der Waals surface area contributed by atoms with E-state index in [0.29, 0.717) is 11.4 Å². The highest BCUT2D eigenvalue weighted by molar-refractivity contribution is 5.94. The van der Waals surface area contributed by atoms with Gasteiger partial charge in [0.05, 0.1) is 7.11 Å². The number of hydrogen-bond acceptors (Lipinski definition) is 4. The molecule has 0 bridgehead atoms. The first-order chi connectivity index (χ1) is 8.31. The molecule has 0 atom stereocenters. The molecular formula is C12H17N3O2. The van der Waals surface area contributed by atoms with Gasteiger partial charge in [-0.1, -0.05) is 0 Å². The smallest absolute Gasteiger partial charge is 0.254 e. The zero-order valence-electron chi connectivity index (χ0n) is 9.98. The van der Waals surface area contributed by atoms with E-state index in [9.17, 15) is 4.79 Å². The van der Waals surface area contributed by atoms with Crippen molar-refractivity contribution in [3.05, 3.63) is 23.9 Å².